The summed E-state index contributed by atoms with van der Waals surface area (Å²) in [5.74, 6) is -0.300. The second kappa shape index (κ2) is 6.19. The number of rotatable bonds is 3. The second-order valence-corrected chi connectivity index (χ2v) is 6.82. The zero-order chi connectivity index (χ0) is 15.6. The van der Waals surface area contributed by atoms with Crippen LogP contribution in [0.4, 0.5) is 13.2 Å². The average molecular weight is 378 g/mol. The zero-order valence-corrected chi connectivity index (χ0v) is 13.3. The van der Waals surface area contributed by atoms with Gasteiger partial charge in [0.25, 0.3) is 5.91 Å². The maximum atomic E-state index is 12.6. The fourth-order valence-corrected chi connectivity index (χ4v) is 3.15. The molecule has 112 valence electrons. The highest BCUT2D eigenvalue weighted by atomic mass is 79.9. The summed E-state index contributed by atoms with van der Waals surface area (Å²) in [4.78, 5) is 12.4. The standard InChI is InChI=1S/C14H11BrF3NOS/c1-8-5-11(21-12(8)15)13(20)19-7-9-3-2-4-10(6-9)14(16,17)18/h2-6H,7H2,1H3,(H,19,20). The van der Waals surface area contributed by atoms with Gasteiger partial charge in [0, 0.05) is 6.54 Å². The number of hydrogen-bond donors (Lipinski definition) is 1. The van der Waals surface area contributed by atoms with Crippen molar-refractivity contribution in [2.24, 2.45) is 0 Å². The first-order chi connectivity index (χ1) is 9.77. The number of alkyl halides is 3. The third kappa shape index (κ3) is 4.07. The molecular weight excluding hydrogens is 367 g/mol. The van der Waals surface area contributed by atoms with Crippen molar-refractivity contribution < 1.29 is 18.0 Å². The molecule has 0 aliphatic heterocycles. The Balaban J connectivity index is 2.04. The first-order valence-corrected chi connectivity index (χ1v) is 7.58. The minimum atomic E-state index is -4.38. The topological polar surface area (TPSA) is 29.1 Å². The predicted octanol–water partition coefficient (Wildman–Crippen LogP) is 4.77. The third-order valence-corrected chi connectivity index (χ3v) is 4.92. The molecule has 1 heterocycles. The van der Waals surface area contributed by atoms with E-state index in [9.17, 15) is 18.0 Å². The van der Waals surface area contributed by atoms with E-state index in [1.165, 1.54) is 17.4 Å². The van der Waals surface area contributed by atoms with E-state index in [-0.39, 0.29) is 12.5 Å². The van der Waals surface area contributed by atoms with Gasteiger partial charge in [0.15, 0.2) is 0 Å². The molecule has 0 saturated heterocycles. The minimum absolute atomic E-state index is 0.0529. The van der Waals surface area contributed by atoms with Gasteiger partial charge in [-0.15, -0.1) is 11.3 Å². The number of thiophene rings is 1. The molecule has 0 spiro atoms. The van der Waals surface area contributed by atoms with Gasteiger partial charge >= 0.3 is 6.18 Å². The Morgan fingerprint density at radius 2 is 2.05 bits per heavy atom. The maximum absolute atomic E-state index is 12.6. The van der Waals surface area contributed by atoms with E-state index in [4.69, 9.17) is 0 Å². The molecule has 0 bridgehead atoms. The van der Waals surface area contributed by atoms with Crippen LogP contribution in [0.3, 0.4) is 0 Å². The molecule has 7 heteroatoms. The number of nitrogens with one attached hydrogen (secondary N) is 1. The van der Waals surface area contributed by atoms with Gasteiger partial charge in [0.2, 0.25) is 0 Å². The van der Waals surface area contributed by atoms with Crippen molar-refractivity contribution in [3.8, 4) is 0 Å². The van der Waals surface area contributed by atoms with Crippen LogP contribution < -0.4 is 5.32 Å². The zero-order valence-electron chi connectivity index (χ0n) is 10.9. The maximum Gasteiger partial charge on any atom is 0.416 e. The summed E-state index contributed by atoms with van der Waals surface area (Å²) in [6.45, 7) is 1.92. The molecule has 0 aliphatic carbocycles. The highest BCUT2D eigenvalue weighted by Crippen LogP contribution is 2.30. The molecule has 0 unspecified atom stereocenters. The SMILES string of the molecule is Cc1cc(C(=O)NCc2cccc(C(F)(F)F)c2)sc1Br. The fourth-order valence-electron chi connectivity index (χ4n) is 1.70. The largest absolute Gasteiger partial charge is 0.416 e. The van der Waals surface area contributed by atoms with Crippen molar-refractivity contribution in [2.45, 2.75) is 19.6 Å². The average Bonchev–Trinajstić information content (AvgIpc) is 2.75. The van der Waals surface area contributed by atoms with Crippen LogP contribution in [-0.2, 0) is 12.7 Å². The Morgan fingerprint density at radius 1 is 1.33 bits per heavy atom. The van der Waals surface area contributed by atoms with Crippen LogP contribution in [0.1, 0.15) is 26.4 Å². The summed E-state index contributed by atoms with van der Waals surface area (Å²) < 4.78 is 38.6. The van der Waals surface area contributed by atoms with Crippen LogP contribution >= 0.6 is 27.3 Å². The van der Waals surface area contributed by atoms with Crippen LogP contribution in [0, 0.1) is 6.92 Å². The van der Waals surface area contributed by atoms with Crippen LogP contribution in [0.2, 0.25) is 0 Å². The van der Waals surface area contributed by atoms with Crippen LogP contribution in [0.5, 0.6) is 0 Å². The molecule has 1 N–H and O–H groups in total. The van der Waals surface area contributed by atoms with Crippen molar-refractivity contribution in [1.29, 1.82) is 0 Å². The van der Waals surface area contributed by atoms with Crippen LogP contribution in [0.15, 0.2) is 34.1 Å². The van der Waals surface area contributed by atoms with E-state index in [1.807, 2.05) is 6.92 Å². The van der Waals surface area contributed by atoms with Gasteiger partial charge in [-0.2, -0.15) is 13.2 Å². The molecule has 1 amide bonds. The molecular formula is C14H11BrF3NOS. The third-order valence-electron chi connectivity index (χ3n) is 2.79. The van der Waals surface area contributed by atoms with Gasteiger partial charge in [0.1, 0.15) is 0 Å². The number of amides is 1. The number of carbonyl (C=O) groups is 1. The number of halogens is 4. The first kappa shape index (κ1) is 16.0. The van der Waals surface area contributed by atoms with Gasteiger partial charge in [-0.3, -0.25) is 4.79 Å². The number of aryl methyl sites for hydroxylation is 1. The lowest BCUT2D eigenvalue weighted by Crippen LogP contribution is -2.22. The van der Waals surface area contributed by atoms with E-state index in [1.54, 1.807) is 12.1 Å². The summed E-state index contributed by atoms with van der Waals surface area (Å²) in [6, 6.07) is 6.65. The Bertz CT molecular complexity index is 647. The summed E-state index contributed by atoms with van der Waals surface area (Å²) in [5.41, 5.74) is 0.638. The lowest BCUT2D eigenvalue weighted by molar-refractivity contribution is -0.137. The predicted molar refractivity (Wildman–Crippen MR) is 79.4 cm³/mol. The van der Waals surface area contributed by atoms with Gasteiger partial charge in [0.05, 0.1) is 14.2 Å². The monoisotopic (exact) mass is 377 g/mol. The molecule has 0 radical (unpaired) electrons. The summed E-state index contributed by atoms with van der Waals surface area (Å²) in [6.07, 6.45) is -4.38. The Morgan fingerprint density at radius 3 is 2.62 bits per heavy atom. The van der Waals surface area contributed by atoms with Crippen molar-refractivity contribution >= 4 is 33.2 Å². The van der Waals surface area contributed by atoms with E-state index in [0.717, 1.165) is 21.5 Å². The fraction of sp³-hybridized carbons (Fsp3) is 0.214. The number of benzene rings is 1. The molecule has 2 rings (SSSR count). The molecule has 2 nitrogen and oxygen atoms in total. The highest BCUT2D eigenvalue weighted by molar-refractivity contribution is 9.11. The smallest absolute Gasteiger partial charge is 0.347 e. The molecule has 0 aliphatic rings. The molecule has 2 aromatic rings. The molecule has 21 heavy (non-hydrogen) atoms. The minimum Gasteiger partial charge on any atom is -0.347 e. The van der Waals surface area contributed by atoms with E-state index in [2.05, 4.69) is 21.2 Å². The van der Waals surface area contributed by atoms with Gasteiger partial charge < -0.3 is 5.32 Å². The quantitative estimate of drug-likeness (QED) is 0.819. The number of carbonyl (C=O) groups excluding carboxylic acids is 1. The summed E-state index contributed by atoms with van der Waals surface area (Å²) >= 11 is 4.61. The van der Waals surface area contributed by atoms with Gasteiger partial charge in [-0.05, 0) is 52.2 Å². The molecule has 1 aromatic heterocycles. The van der Waals surface area contributed by atoms with Crippen LogP contribution in [-0.4, -0.2) is 5.91 Å². The Labute approximate surface area is 132 Å². The van der Waals surface area contributed by atoms with Crippen molar-refractivity contribution in [3.63, 3.8) is 0 Å². The molecule has 0 fully saturated rings. The normalized spacial score (nSPS) is 11.5. The van der Waals surface area contributed by atoms with E-state index in [0.29, 0.717) is 10.4 Å². The lowest BCUT2D eigenvalue weighted by Gasteiger charge is -2.09. The Hall–Kier alpha value is -1.34. The summed E-state index contributed by atoms with van der Waals surface area (Å²) in [5, 5.41) is 2.62. The van der Waals surface area contributed by atoms with E-state index >= 15 is 0 Å². The first-order valence-electron chi connectivity index (χ1n) is 5.97. The molecule has 0 atom stereocenters. The molecule has 1 aromatic carbocycles. The van der Waals surface area contributed by atoms with Gasteiger partial charge in [-0.1, -0.05) is 12.1 Å². The lowest BCUT2D eigenvalue weighted by atomic mass is 10.1. The molecule has 0 saturated carbocycles. The van der Waals surface area contributed by atoms with Crippen molar-refractivity contribution in [2.75, 3.05) is 0 Å². The highest BCUT2D eigenvalue weighted by Gasteiger charge is 2.30. The van der Waals surface area contributed by atoms with E-state index < -0.39 is 11.7 Å². The summed E-state index contributed by atoms with van der Waals surface area (Å²) in [7, 11) is 0. The van der Waals surface area contributed by atoms with Gasteiger partial charge in [-0.25, -0.2) is 0 Å². The second-order valence-electron chi connectivity index (χ2n) is 4.45. The van der Waals surface area contributed by atoms with Crippen molar-refractivity contribution in [1.82, 2.24) is 5.32 Å². The van der Waals surface area contributed by atoms with Crippen molar-refractivity contribution in [3.05, 3.63) is 55.7 Å². The number of hydrogen-bond acceptors (Lipinski definition) is 2. The van der Waals surface area contributed by atoms with Crippen LogP contribution in [0.25, 0.3) is 0 Å². The Kier molecular flexibility index (Phi) is 4.73.